The van der Waals surface area contributed by atoms with Gasteiger partial charge in [-0.3, -0.25) is 0 Å². The van der Waals surface area contributed by atoms with Gasteiger partial charge in [0.05, 0.1) is 6.61 Å². The molecule has 1 rings (SSSR count). The van der Waals surface area contributed by atoms with E-state index in [4.69, 9.17) is 4.74 Å². The Hall–Kier alpha value is -0.320. The predicted molar refractivity (Wildman–Crippen MR) is 60.3 cm³/mol. The van der Waals surface area contributed by atoms with Crippen LogP contribution < -0.4 is 5.32 Å². The zero-order chi connectivity index (χ0) is 10.2. The minimum Gasteiger partial charge on any atom is -0.464 e. The van der Waals surface area contributed by atoms with Crippen molar-refractivity contribution in [1.29, 1.82) is 0 Å². The number of ether oxygens (including phenoxy) is 2. The highest BCUT2D eigenvalue weighted by molar-refractivity contribution is 5.85. The molecule has 1 heterocycles. The minimum absolute atomic E-state index is 0. The lowest BCUT2D eigenvalue weighted by molar-refractivity contribution is -0.148. The Bertz CT molecular complexity index is 172. The minimum atomic E-state index is -0.263. The molecular formula is C10H20ClNO3. The van der Waals surface area contributed by atoms with E-state index in [9.17, 15) is 4.79 Å². The Balaban J connectivity index is 0.00000196. The highest BCUT2D eigenvalue weighted by atomic mass is 35.5. The van der Waals surface area contributed by atoms with Gasteiger partial charge >= 0.3 is 5.97 Å². The number of piperidine rings is 1. The maximum atomic E-state index is 10.9. The first kappa shape index (κ1) is 14.7. The molecule has 1 aliphatic rings. The van der Waals surface area contributed by atoms with E-state index in [0.29, 0.717) is 12.5 Å². The molecule has 1 N–H and O–H groups in total. The monoisotopic (exact) mass is 237 g/mol. The standard InChI is InChI=1S/C10H19NO3.ClH/c1-13-8-10(12)14-7-4-9-2-5-11-6-3-9;/h9,11H,2-8H2,1H3;1H. The second-order valence-corrected chi connectivity index (χ2v) is 3.64. The molecule has 0 aromatic heterocycles. The molecule has 0 aromatic carbocycles. The third-order valence-electron chi connectivity index (χ3n) is 2.51. The number of hydrogen-bond acceptors (Lipinski definition) is 4. The molecule has 90 valence electrons. The summed E-state index contributed by atoms with van der Waals surface area (Å²) in [5, 5.41) is 3.31. The average molecular weight is 238 g/mol. The van der Waals surface area contributed by atoms with E-state index < -0.39 is 0 Å². The van der Waals surface area contributed by atoms with Gasteiger partial charge in [0.15, 0.2) is 0 Å². The largest absolute Gasteiger partial charge is 0.464 e. The van der Waals surface area contributed by atoms with E-state index in [0.717, 1.165) is 19.5 Å². The fourth-order valence-corrected chi connectivity index (χ4v) is 1.67. The van der Waals surface area contributed by atoms with Crippen LogP contribution in [0.15, 0.2) is 0 Å². The van der Waals surface area contributed by atoms with Crippen LogP contribution in [-0.2, 0) is 14.3 Å². The molecule has 1 saturated heterocycles. The van der Waals surface area contributed by atoms with Crippen LogP contribution in [0, 0.1) is 5.92 Å². The van der Waals surface area contributed by atoms with Gasteiger partial charge in [0.2, 0.25) is 0 Å². The second kappa shape index (κ2) is 8.95. The van der Waals surface area contributed by atoms with Crippen molar-refractivity contribution in [3.63, 3.8) is 0 Å². The number of methoxy groups -OCH3 is 1. The van der Waals surface area contributed by atoms with Crippen molar-refractivity contribution in [2.24, 2.45) is 5.92 Å². The summed E-state index contributed by atoms with van der Waals surface area (Å²) >= 11 is 0. The zero-order valence-corrected chi connectivity index (χ0v) is 9.98. The first-order chi connectivity index (χ1) is 6.83. The van der Waals surface area contributed by atoms with Crippen molar-refractivity contribution in [3.8, 4) is 0 Å². The highest BCUT2D eigenvalue weighted by Crippen LogP contribution is 2.15. The third kappa shape index (κ3) is 6.71. The SMILES string of the molecule is COCC(=O)OCCC1CCNCC1.Cl. The Kier molecular flexibility index (Phi) is 8.76. The van der Waals surface area contributed by atoms with Gasteiger partial charge < -0.3 is 14.8 Å². The number of hydrogen-bond donors (Lipinski definition) is 1. The molecule has 0 atom stereocenters. The number of rotatable bonds is 5. The molecule has 0 amide bonds. The molecule has 1 fully saturated rings. The van der Waals surface area contributed by atoms with Crippen molar-refractivity contribution in [2.45, 2.75) is 19.3 Å². The van der Waals surface area contributed by atoms with Crippen molar-refractivity contribution in [3.05, 3.63) is 0 Å². The summed E-state index contributed by atoms with van der Waals surface area (Å²) in [6.07, 6.45) is 3.38. The molecule has 0 aromatic rings. The van der Waals surface area contributed by atoms with E-state index in [-0.39, 0.29) is 25.0 Å². The quantitative estimate of drug-likeness (QED) is 0.725. The number of halogens is 1. The molecule has 0 aliphatic carbocycles. The maximum absolute atomic E-state index is 10.9. The van der Waals surface area contributed by atoms with Crippen molar-refractivity contribution in [2.75, 3.05) is 33.4 Å². The van der Waals surface area contributed by atoms with Crippen LogP contribution in [0.4, 0.5) is 0 Å². The molecule has 1 aliphatic heterocycles. The van der Waals surface area contributed by atoms with E-state index in [1.54, 1.807) is 0 Å². The molecular weight excluding hydrogens is 218 g/mol. The fourth-order valence-electron chi connectivity index (χ4n) is 1.67. The summed E-state index contributed by atoms with van der Waals surface area (Å²) in [5.41, 5.74) is 0. The van der Waals surface area contributed by atoms with E-state index in [1.165, 1.54) is 20.0 Å². The van der Waals surface area contributed by atoms with Gasteiger partial charge in [-0.2, -0.15) is 0 Å². The van der Waals surface area contributed by atoms with Gasteiger partial charge in [-0.05, 0) is 38.3 Å². The van der Waals surface area contributed by atoms with Crippen LogP contribution in [0.2, 0.25) is 0 Å². The number of nitrogens with one attached hydrogen (secondary N) is 1. The van der Waals surface area contributed by atoms with Crippen LogP contribution in [0.3, 0.4) is 0 Å². The lowest BCUT2D eigenvalue weighted by Gasteiger charge is -2.22. The Labute approximate surface area is 97.1 Å². The van der Waals surface area contributed by atoms with E-state index in [2.05, 4.69) is 10.1 Å². The van der Waals surface area contributed by atoms with E-state index in [1.807, 2.05) is 0 Å². The van der Waals surface area contributed by atoms with Crippen LogP contribution in [0.1, 0.15) is 19.3 Å². The Morgan fingerprint density at radius 1 is 1.40 bits per heavy atom. The molecule has 0 unspecified atom stereocenters. The average Bonchev–Trinajstić information content (AvgIpc) is 2.20. The van der Waals surface area contributed by atoms with Gasteiger partial charge in [-0.25, -0.2) is 4.79 Å². The number of esters is 1. The lowest BCUT2D eigenvalue weighted by Crippen LogP contribution is -2.28. The van der Waals surface area contributed by atoms with Gasteiger partial charge in [0.25, 0.3) is 0 Å². The fraction of sp³-hybridized carbons (Fsp3) is 0.900. The molecule has 0 bridgehead atoms. The van der Waals surface area contributed by atoms with Gasteiger partial charge in [-0.1, -0.05) is 0 Å². The Morgan fingerprint density at radius 2 is 2.07 bits per heavy atom. The second-order valence-electron chi connectivity index (χ2n) is 3.64. The first-order valence-corrected chi connectivity index (χ1v) is 5.18. The van der Waals surface area contributed by atoms with Crippen LogP contribution in [0.5, 0.6) is 0 Å². The topological polar surface area (TPSA) is 47.6 Å². The smallest absolute Gasteiger partial charge is 0.332 e. The highest BCUT2D eigenvalue weighted by Gasteiger charge is 2.13. The van der Waals surface area contributed by atoms with Gasteiger partial charge in [0.1, 0.15) is 6.61 Å². The first-order valence-electron chi connectivity index (χ1n) is 5.18. The third-order valence-corrected chi connectivity index (χ3v) is 2.51. The number of carbonyl (C=O) groups excluding carboxylic acids is 1. The van der Waals surface area contributed by atoms with Crippen LogP contribution >= 0.6 is 12.4 Å². The maximum Gasteiger partial charge on any atom is 0.332 e. The molecule has 4 nitrogen and oxygen atoms in total. The van der Waals surface area contributed by atoms with Crippen molar-refractivity contribution >= 4 is 18.4 Å². The summed E-state index contributed by atoms with van der Waals surface area (Å²) in [7, 11) is 1.49. The summed E-state index contributed by atoms with van der Waals surface area (Å²) in [4.78, 5) is 10.9. The molecule has 15 heavy (non-hydrogen) atoms. The summed E-state index contributed by atoms with van der Waals surface area (Å²) < 4.78 is 9.66. The van der Waals surface area contributed by atoms with Crippen LogP contribution in [-0.4, -0.2) is 39.4 Å². The van der Waals surface area contributed by atoms with Crippen molar-refractivity contribution < 1.29 is 14.3 Å². The number of carbonyl (C=O) groups is 1. The summed E-state index contributed by atoms with van der Waals surface area (Å²) in [5.74, 6) is 0.452. The summed E-state index contributed by atoms with van der Waals surface area (Å²) in [6.45, 7) is 2.78. The lowest BCUT2D eigenvalue weighted by atomic mass is 9.95. The molecule has 5 heteroatoms. The zero-order valence-electron chi connectivity index (χ0n) is 9.16. The molecule has 0 saturated carbocycles. The van der Waals surface area contributed by atoms with E-state index >= 15 is 0 Å². The molecule has 0 radical (unpaired) electrons. The van der Waals surface area contributed by atoms with Gasteiger partial charge in [-0.15, -0.1) is 12.4 Å². The van der Waals surface area contributed by atoms with Crippen molar-refractivity contribution in [1.82, 2.24) is 5.32 Å². The van der Waals surface area contributed by atoms with Gasteiger partial charge in [0, 0.05) is 7.11 Å². The normalized spacial score (nSPS) is 16.9. The van der Waals surface area contributed by atoms with Crippen LogP contribution in [0.25, 0.3) is 0 Å². The Morgan fingerprint density at radius 3 is 2.67 bits per heavy atom. The predicted octanol–water partition coefficient (Wildman–Crippen LogP) is 0.988. The molecule has 0 spiro atoms. The summed E-state index contributed by atoms with van der Waals surface area (Å²) in [6, 6.07) is 0.